The Balaban J connectivity index is 1.68. The molecule has 0 atom stereocenters. The smallest absolute Gasteiger partial charge is 0.248 e. The molecule has 0 spiro atoms. The van der Waals surface area contributed by atoms with Gasteiger partial charge in [0.25, 0.3) is 0 Å². The lowest BCUT2D eigenvalue weighted by Crippen LogP contribution is -2.10. The number of rotatable bonds is 9. The van der Waals surface area contributed by atoms with Crippen molar-refractivity contribution < 1.29 is 14.3 Å². The number of carbonyl (C=O) groups excluding carboxylic acids is 1. The molecular formula is C27H29NO3. The zero-order chi connectivity index (χ0) is 22.1. The van der Waals surface area contributed by atoms with Gasteiger partial charge in [0, 0.05) is 11.8 Å². The van der Waals surface area contributed by atoms with Crippen molar-refractivity contribution in [3.63, 3.8) is 0 Å². The summed E-state index contributed by atoms with van der Waals surface area (Å²) in [6.45, 7) is 7.15. The summed E-state index contributed by atoms with van der Waals surface area (Å²) in [5.74, 6) is 1.50. The van der Waals surface area contributed by atoms with E-state index in [1.807, 2.05) is 79.7 Å². The molecule has 3 aromatic carbocycles. The van der Waals surface area contributed by atoms with Crippen LogP contribution in [0.15, 0.2) is 78.9 Å². The van der Waals surface area contributed by atoms with Crippen LogP contribution in [0.4, 0.5) is 5.69 Å². The van der Waals surface area contributed by atoms with Crippen molar-refractivity contribution in [2.75, 3.05) is 11.9 Å². The Kier molecular flexibility index (Phi) is 7.88. The van der Waals surface area contributed by atoms with Gasteiger partial charge in [0.1, 0.15) is 6.61 Å². The number of ether oxygens (including phenoxy) is 2. The molecule has 0 radical (unpaired) electrons. The predicted molar refractivity (Wildman–Crippen MR) is 127 cm³/mol. The van der Waals surface area contributed by atoms with Crippen molar-refractivity contribution in [3.8, 4) is 11.5 Å². The third-order valence-corrected chi connectivity index (χ3v) is 4.77. The van der Waals surface area contributed by atoms with Gasteiger partial charge in [-0.05, 0) is 53.8 Å². The molecular weight excluding hydrogens is 386 g/mol. The molecule has 0 aromatic heterocycles. The highest BCUT2D eigenvalue weighted by atomic mass is 16.5. The molecule has 160 valence electrons. The molecule has 0 bridgehead atoms. The minimum absolute atomic E-state index is 0.171. The van der Waals surface area contributed by atoms with E-state index in [4.69, 9.17) is 9.47 Å². The Hall–Kier alpha value is -3.53. The summed E-state index contributed by atoms with van der Waals surface area (Å²) in [5, 5.41) is 2.97. The van der Waals surface area contributed by atoms with Crippen molar-refractivity contribution in [2.45, 2.75) is 33.3 Å². The van der Waals surface area contributed by atoms with Crippen molar-refractivity contribution in [3.05, 3.63) is 95.6 Å². The van der Waals surface area contributed by atoms with Gasteiger partial charge in [0.2, 0.25) is 5.91 Å². The Morgan fingerprint density at radius 1 is 0.935 bits per heavy atom. The summed E-state index contributed by atoms with van der Waals surface area (Å²) >= 11 is 0. The number of carbonyl (C=O) groups is 1. The summed E-state index contributed by atoms with van der Waals surface area (Å²) < 4.78 is 11.7. The minimum atomic E-state index is -0.171. The number of para-hydroxylation sites is 1. The number of hydrogen-bond acceptors (Lipinski definition) is 3. The van der Waals surface area contributed by atoms with Crippen LogP contribution in [0.5, 0.6) is 11.5 Å². The second-order valence-corrected chi connectivity index (χ2v) is 7.48. The van der Waals surface area contributed by atoms with E-state index in [2.05, 4.69) is 19.2 Å². The van der Waals surface area contributed by atoms with Crippen LogP contribution in [0, 0.1) is 0 Å². The van der Waals surface area contributed by atoms with E-state index in [0.717, 1.165) is 22.4 Å². The largest absolute Gasteiger partial charge is 0.490 e. The lowest BCUT2D eigenvalue weighted by atomic mass is 10.0. The molecule has 31 heavy (non-hydrogen) atoms. The third-order valence-electron chi connectivity index (χ3n) is 4.77. The first kappa shape index (κ1) is 22.2. The average Bonchev–Trinajstić information content (AvgIpc) is 2.78. The fraction of sp³-hybridized carbons (Fsp3) is 0.222. The quantitative estimate of drug-likeness (QED) is 0.409. The SMILES string of the molecule is CCOc1cc(C=CC(=O)Nc2ccccc2C(C)C)ccc1OCc1ccccc1. The number of amides is 1. The summed E-state index contributed by atoms with van der Waals surface area (Å²) in [6, 6.07) is 23.5. The molecule has 3 rings (SSSR count). The molecule has 0 aliphatic rings. The van der Waals surface area contributed by atoms with Crippen molar-refractivity contribution in [2.24, 2.45) is 0 Å². The van der Waals surface area contributed by atoms with Crippen LogP contribution in [0.25, 0.3) is 6.08 Å². The molecule has 4 nitrogen and oxygen atoms in total. The maximum Gasteiger partial charge on any atom is 0.248 e. The summed E-state index contributed by atoms with van der Waals surface area (Å²) in [6.07, 6.45) is 3.31. The fourth-order valence-electron chi connectivity index (χ4n) is 3.21. The van der Waals surface area contributed by atoms with Crippen LogP contribution in [0.3, 0.4) is 0 Å². The molecule has 4 heteroatoms. The van der Waals surface area contributed by atoms with E-state index in [-0.39, 0.29) is 5.91 Å². The second kappa shape index (κ2) is 11.0. The van der Waals surface area contributed by atoms with Gasteiger partial charge in [0.15, 0.2) is 11.5 Å². The molecule has 0 unspecified atom stereocenters. The number of nitrogens with one attached hydrogen (secondary N) is 1. The average molecular weight is 416 g/mol. The predicted octanol–water partition coefficient (Wildman–Crippen LogP) is 6.44. The van der Waals surface area contributed by atoms with Gasteiger partial charge in [-0.2, -0.15) is 0 Å². The van der Waals surface area contributed by atoms with Gasteiger partial charge in [-0.15, -0.1) is 0 Å². The Morgan fingerprint density at radius 3 is 2.42 bits per heavy atom. The molecule has 0 saturated heterocycles. The molecule has 1 amide bonds. The topological polar surface area (TPSA) is 47.6 Å². The van der Waals surface area contributed by atoms with Gasteiger partial charge in [-0.1, -0.05) is 68.4 Å². The van der Waals surface area contributed by atoms with E-state index in [9.17, 15) is 4.79 Å². The first-order chi connectivity index (χ1) is 15.1. The van der Waals surface area contributed by atoms with Gasteiger partial charge in [-0.25, -0.2) is 0 Å². The van der Waals surface area contributed by atoms with Crippen molar-refractivity contribution >= 4 is 17.7 Å². The molecule has 0 heterocycles. The second-order valence-electron chi connectivity index (χ2n) is 7.48. The highest BCUT2D eigenvalue weighted by Gasteiger charge is 2.09. The molecule has 0 aliphatic carbocycles. The molecule has 0 aliphatic heterocycles. The summed E-state index contributed by atoms with van der Waals surface area (Å²) in [5.41, 5.74) is 3.91. The number of hydrogen-bond donors (Lipinski definition) is 1. The van der Waals surface area contributed by atoms with Gasteiger partial charge < -0.3 is 14.8 Å². The Labute approximate surface area is 184 Å². The summed E-state index contributed by atoms with van der Waals surface area (Å²) in [4.78, 5) is 12.4. The van der Waals surface area contributed by atoms with Gasteiger partial charge in [0.05, 0.1) is 6.61 Å². The highest BCUT2D eigenvalue weighted by molar-refractivity contribution is 6.02. The fourth-order valence-corrected chi connectivity index (χ4v) is 3.21. The van der Waals surface area contributed by atoms with E-state index in [0.29, 0.717) is 30.6 Å². The van der Waals surface area contributed by atoms with Crippen molar-refractivity contribution in [1.29, 1.82) is 0 Å². The van der Waals surface area contributed by atoms with E-state index >= 15 is 0 Å². The number of benzene rings is 3. The first-order valence-corrected chi connectivity index (χ1v) is 10.6. The van der Waals surface area contributed by atoms with Crippen molar-refractivity contribution in [1.82, 2.24) is 0 Å². The normalized spacial score (nSPS) is 11.0. The monoisotopic (exact) mass is 415 g/mol. The maximum atomic E-state index is 12.4. The van der Waals surface area contributed by atoms with E-state index < -0.39 is 0 Å². The highest BCUT2D eigenvalue weighted by Crippen LogP contribution is 2.30. The van der Waals surface area contributed by atoms with Crippen LogP contribution >= 0.6 is 0 Å². The number of anilines is 1. The molecule has 3 aromatic rings. The van der Waals surface area contributed by atoms with Crippen LogP contribution in [0.2, 0.25) is 0 Å². The van der Waals surface area contributed by atoms with Crippen LogP contribution in [0.1, 0.15) is 43.4 Å². The van der Waals surface area contributed by atoms with Crippen LogP contribution in [-0.2, 0) is 11.4 Å². The standard InChI is InChI=1S/C27H29NO3/c1-4-30-26-18-21(14-16-25(26)31-19-22-10-6-5-7-11-22)15-17-27(29)28-24-13-9-8-12-23(24)20(2)3/h5-18,20H,4,19H2,1-3H3,(H,28,29). The zero-order valence-electron chi connectivity index (χ0n) is 18.3. The van der Waals surface area contributed by atoms with E-state index in [1.54, 1.807) is 6.08 Å². The maximum absolute atomic E-state index is 12.4. The minimum Gasteiger partial charge on any atom is -0.490 e. The van der Waals surface area contributed by atoms with Crippen LogP contribution < -0.4 is 14.8 Å². The summed E-state index contributed by atoms with van der Waals surface area (Å²) in [7, 11) is 0. The van der Waals surface area contributed by atoms with E-state index in [1.165, 1.54) is 6.08 Å². The Morgan fingerprint density at radius 2 is 1.68 bits per heavy atom. The molecule has 0 fully saturated rings. The lowest BCUT2D eigenvalue weighted by Gasteiger charge is -2.13. The van der Waals surface area contributed by atoms with Gasteiger partial charge >= 0.3 is 0 Å². The van der Waals surface area contributed by atoms with Crippen LogP contribution in [-0.4, -0.2) is 12.5 Å². The molecule has 1 N–H and O–H groups in total. The Bertz CT molecular complexity index is 1030. The third kappa shape index (κ3) is 6.48. The molecule has 0 saturated carbocycles. The first-order valence-electron chi connectivity index (χ1n) is 10.6. The lowest BCUT2D eigenvalue weighted by molar-refractivity contribution is -0.111. The van der Waals surface area contributed by atoms with Gasteiger partial charge in [-0.3, -0.25) is 4.79 Å². The zero-order valence-corrected chi connectivity index (χ0v) is 18.3.